The molecule has 2 heterocycles. The van der Waals surface area contributed by atoms with E-state index in [1.807, 2.05) is 39.0 Å². The van der Waals surface area contributed by atoms with Crippen LogP contribution in [-0.4, -0.2) is 41.9 Å². The minimum absolute atomic E-state index is 0.224. The van der Waals surface area contributed by atoms with Gasteiger partial charge < -0.3 is 24.7 Å². The number of aromatic nitrogens is 1. The Morgan fingerprint density at radius 2 is 1.81 bits per heavy atom. The zero-order valence-electron chi connectivity index (χ0n) is 22.2. The molecule has 1 saturated carbocycles. The first-order valence-corrected chi connectivity index (χ1v) is 13.3. The molecule has 1 atom stereocenters. The van der Waals surface area contributed by atoms with E-state index >= 15 is 0 Å². The zero-order chi connectivity index (χ0) is 26.2. The molecule has 3 aromatic rings. The largest absolute Gasteiger partial charge is 0.465 e. The topological polar surface area (TPSA) is 81.6 Å². The second-order valence-corrected chi connectivity index (χ2v) is 11.2. The first kappa shape index (κ1) is 25.2. The molecule has 1 unspecified atom stereocenters. The third-order valence-corrected chi connectivity index (χ3v) is 7.38. The van der Waals surface area contributed by atoms with Crippen LogP contribution < -0.4 is 10.6 Å². The highest BCUT2D eigenvalue weighted by molar-refractivity contribution is 6.00. The number of nitrogens with one attached hydrogen (secondary N) is 2. The lowest BCUT2D eigenvalue weighted by Crippen LogP contribution is -2.45. The van der Waals surface area contributed by atoms with Crippen molar-refractivity contribution in [2.45, 2.75) is 77.0 Å². The summed E-state index contributed by atoms with van der Waals surface area (Å²) in [4.78, 5) is 25.2. The van der Waals surface area contributed by atoms with Gasteiger partial charge in [0.2, 0.25) is 0 Å². The normalized spacial score (nSPS) is 18.1. The van der Waals surface area contributed by atoms with E-state index in [0.717, 1.165) is 29.6 Å². The van der Waals surface area contributed by atoms with Crippen LogP contribution in [0.25, 0.3) is 22.2 Å². The van der Waals surface area contributed by atoms with Gasteiger partial charge in [-0.25, -0.2) is 9.59 Å². The van der Waals surface area contributed by atoms with Crippen molar-refractivity contribution in [3.63, 3.8) is 0 Å². The van der Waals surface area contributed by atoms with E-state index in [-0.39, 0.29) is 12.0 Å². The summed E-state index contributed by atoms with van der Waals surface area (Å²) in [6, 6.07) is 14.0. The number of alkyl carbamates (subject to hydrolysis) is 1. The highest BCUT2D eigenvalue weighted by Gasteiger charge is 2.31. The number of esters is 1. The quantitative estimate of drug-likeness (QED) is 0.401. The third kappa shape index (κ3) is 5.17. The van der Waals surface area contributed by atoms with Gasteiger partial charge in [0, 0.05) is 35.2 Å². The minimum Gasteiger partial charge on any atom is -0.465 e. The predicted molar refractivity (Wildman–Crippen MR) is 146 cm³/mol. The van der Waals surface area contributed by atoms with Crippen molar-refractivity contribution in [1.29, 1.82) is 0 Å². The summed E-state index contributed by atoms with van der Waals surface area (Å²) in [5.41, 5.74) is 5.63. The number of para-hydroxylation sites is 1. The van der Waals surface area contributed by atoms with E-state index in [2.05, 4.69) is 39.5 Å². The highest BCUT2D eigenvalue weighted by atomic mass is 16.6. The van der Waals surface area contributed by atoms with Gasteiger partial charge in [-0.3, -0.25) is 0 Å². The van der Waals surface area contributed by atoms with Crippen LogP contribution in [0.15, 0.2) is 42.5 Å². The van der Waals surface area contributed by atoms with Crippen molar-refractivity contribution in [3.8, 4) is 11.3 Å². The number of fused-ring (bicyclic) bond motifs is 5. The van der Waals surface area contributed by atoms with Crippen LogP contribution in [-0.2, 0) is 16.0 Å². The highest BCUT2D eigenvalue weighted by Crippen LogP contribution is 2.46. The van der Waals surface area contributed by atoms with Crippen LogP contribution in [0.5, 0.6) is 0 Å². The van der Waals surface area contributed by atoms with Crippen molar-refractivity contribution in [3.05, 3.63) is 53.6 Å². The van der Waals surface area contributed by atoms with Crippen molar-refractivity contribution in [1.82, 2.24) is 9.88 Å². The number of rotatable bonds is 3. The first-order valence-electron chi connectivity index (χ1n) is 13.3. The Morgan fingerprint density at radius 1 is 1.05 bits per heavy atom. The number of hydrogen-bond donors (Lipinski definition) is 2. The summed E-state index contributed by atoms with van der Waals surface area (Å²) >= 11 is 0. The number of hydrogen-bond acceptors (Lipinski definition) is 5. The second-order valence-electron chi connectivity index (χ2n) is 11.2. The zero-order valence-corrected chi connectivity index (χ0v) is 22.2. The standard InChI is InChI=1S/C30H37N3O4/c1-30(2,3)37-29(35)32-21-17-31-24-13-9-8-12-22(24)27-26(19-10-6-5-7-11-19)23-15-14-20(28(34)36-4)16-25(23)33(27)18-21/h8-9,12-16,19,21,31H,5-7,10-11,17-18H2,1-4H3,(H,32,35). The molecule has 7 heteroatoms. The summed E-state index contributed by atoms with van der Waals surface area (Å²) in [5.74, 6) is 0.0919. The molecular formula is C30H37N3O4. The van der Waals surface area contributed by atoms with E-state index in [9.17, 15) is 9.59 Å². The number of amides is 1. The van der Waals surface area contributed by atoms with E-state index in [4.69, 9.17) is 9.47 Å². The lowest BCUT2D eigenvalue weighted by atomic mass is 9.81. The van der Waals surface area contributed by atoms with Gasteiger partial charge in [0.05, 0.1) is 24.4 Å². The maximum atomic E-state index is 12.7. The van der Waals surface area contributed by atoms with Gasteiger partial charge in [0.25, 0.3) is 0 Å². The van der Waals surface area contributed by atoms with Crippen LogP contribution in [0, 0.1) is 0 Å². The smallest absolute Gasteiger partial charge is 0.407 e. The molecule has 37 heavy (non-hydrogen) atoms. The van der Waals surface area contributed by atoms with Gasteiger partial charge >= 0.3 is 12.1 Å². The van der Waals surface area contributed by atoms with Crippen molar-refractivity contribution >= 4 is 28.7 Å². The van der Waals surface area contributed by atoms with Crippen LogP contribution in [0.2, 0.25) is 0 Å². The SMILES string of the molecule is COC(=O)c1ccc2c(C3CCCCC3)c3n(c2c1)CC(NC(=O)OC(C)(C)C)CNc1ccccc1-3. The van der Waals surface area contributed by atoms with Gasteiger partial charge in [-0.1, -0.05) is 43.5 Å². The Bertz CT molecular complexity index is 1310. The lowest BCUT2D eigenvalue weighted by Gasteiger charge is -2.29. The molecule has 2 aliphatic rings. The fraction of sp³-hybridized carbons (Fsp3) is 0.467. The Hall–Kier alpha value is -3.48. The fourth-order valence-electron chi connectivity index (χ4n) is 5.84. The molecule has 0 bridgehead atoms. The molecule has 1 aromatic heterocycles. The Labute approximate surface area is 218 Å². The molecule has 196 valence electrons. The van der Waals surface area contributed by atoms with E-state index in [1.54, 1.807) is 0 Å². The monoisotopic (exact) mass is 503 g/mol. The van der Waals surface area contributed by atoms with Crippen LogP contribution >= 0.6 is 0 Å². The molecule has 0 radical (unpaired) electrons. The van der Waals surface area contributed by atoms with Crippen molar-refractivity contribution < 1.29 is 19.1 Å². The van der Waals surface area contributed by atoms with Gasteiger partial charge in [-0.2, -0.15) is 0 Å². The lowest BCUT2D eigenvalue weighted by molar-refractivity contribution is 0.0502. The summed E-state index contributed by atoms with van der Waals surface area (Å²) in [6.45, 7) is 6.68. The van der Waals surface area contributed by atoms with Crippen molar-refractivity contribution in [2.75, 3.05) is 19.0 Å². The molecule has 2 N–H and O–H groups in total. The number of ether oxygens (including phenoxy) is 2. The summed E-state index contributed by atoms with van der Waals surface area (Å²) in [7, 11) is 1.41. The Balaban J connectivity index is 1.69. The molecule has 5 rings (SSSR count). The minimum atomic E-state index is -0.583. The number of benzene rings is 2. The van der Waals surface area contributed by atoms with Crippen LogP contribution in [0.1, 0.15) is 74.7 Å². The molecule has 1 fully saturated rings. The summed E-state index contributed by atoms with van der Waals surface area (Å²) in [6.07, 6.45) is 5.59. The Kier molecular flexibility index (Phi) is 6.88. The van der Waals surface area contributed by atoms with Gasteiger partial charge in [0.15, 0.2) is 0 Å². The molecule has 1 aliphatic carbocycles. The van der Waals surface area contributed by atoms with Crippen molar-refractivity contribution in [2.24, 2.45) is 0 Å². The fourth-order valence-corrected chi connectivity index (χ4v) is 5.84. The number of carbonyl (C=O) groups is 2. The number of carbonyl (C=O) groups excluding carboxylic acids is 2. The molecule has 0 saturated heterocycles. The number of anilines is 1. The summed E-state index contributed by atoms with van der Waals surface area (Å²) < 4.78 is 12.9. The molecule has 2 aromatic carbocycles. The maximum absolute atomic E-state index is 12.7. The van der Waals surface area contributed by atoms with Gasteiger partial charge in [-0.05, 0) is 63.3 Å². The van der Waals surface area contributed by atoms with Gasteiger partial charge in [0.1, 0.15) is 5.60 Å². The third-order valence-electron chi connectivity index (χ3n) is 7.38. The van der Waals surface area contributed by atoms with Crippen LogP contribution in [0.4, 0.5) is 10.5 Å². The van der Waals surface area contributed by atoms with Gasteiger partial charge in [-0.15, -0.1) is 0 Å². The van der Waals surface area contributed by atoms with E-state index in [1.165, 1.54) is 43.0 Å². The first-order chi connectivity index (χ1) is 17.7. The molecule has 7 nitrogen and oxygen atoms in total. The molecular weight excluding hydrogens is 466 g/mol. The summed E-state index contributed by atoms with van der Waals surface area (Å²) in [5, 5.41) is 7.83. The predicted octanol–water partition coefficient (Wildman–Crippen LogP) is 6.46. The average molecular weight is 504 g/mol. The maximum Gasteiger partial charge on any atom is 0.407 e. The molecule has 0 spiro atoms. The van der Waals surface area contributed by atoms with E-state index < -0.39 is 11.7 Å². The van der Waals surface area contributed by atoms with Crippen LogP contribution in [0.3, 0.4) is 0 Å². The number of methoxy groups -OCH3 is 1. The number of nitrogens with zero attached hydrogens (tertiary/aromatic N) is 1. The average Bonchev–Trinajstić information content (AvgIpc) is 3.17. The Morgan fingerprint density at radius 3 is 2.54 bits per heavy atom. The molecule has 1 aliphatic heterocycles. The molecule has 1 amide bonds. The van der Waals surface area contributed by atoms with E-state index in [0.29, 0.717) is 24.6 Å². The second kappa shape index (κ2) is 10.1.